The molecular weight excluding hydrogens is 234 g/mol. The van der Waals surface area contributed by atoms with Crippen LogP contribution in [0.25, 0.3) is 0 Å². The summed E-state index contributed by atoms with van der Waals surface area (Å²) in [7, 11) is 0. The predicted octanol–water partition coefficient (Wildman–Crippen LogP) is -0.710. The lowest BCUT2D eigenvalue weighted by Crippen LogP contribution is -2.38. The molecule has 1 aliphatic rings. The van der Waals surface area contributed by atoms with E-state index in [1.807, 2.05) is 11.0 Å². The van der Waals surface area contributed by atoms with E-state index in [1.165, 1.54) is 4.68 Å². The molecule has 1 saturated heterocycles. The minimum atomic E-state index is -0.394. The van der Waals surface area contributed by atoms with Crippen molar-refractivity contribution < 1.29 is 10.2 Å². The molecule has 1 aromatic rings. The van der Waals surface area contributed by atoms with Gasteiger partial charge in [-0.15, -0.1) is 0 Å². The van der Waals surface area contributed by atoms with E-state index in [4.69, 9.17) is 16.1 Å². The monoisotopic (exact) mass is 251 g/mol. The number of anilines is 2. The van der Waals surface area contributed by atoms with Crippen molar-refractivity contribution in [3.8, 4) is 6.07 Å². The molecule has 7 heteroatoms. The number of aliphatic hydroxyl groups is 2. The van der Waals surface area contributed by atoms with Gasteiger partial charge in [0, 0.05) is 13.1 Å². The Morgan fingerprint density at radius 3 is 2.94 bits per heavy atom. The fourth-order valence-corrected chi connectivity index (χ4v) is 2.20. The summed E-state index contributed by atoms with van der Waals surface area (Å²) in [6.07, 6.45) is 1.24. The van der Waals surface area contributed by atoms with Crippen molar-refractivity contribution in [2.45, 2.75) is 25.5 Å². The van der Waals surface area contributed by atoms with E-state index in [1.54, 1.807) is 0 Å². The zero-order valence-corrected chi connectivity index (χ0v) is 10.1. The van der Waals surface area contributed by atoms with E-state index < -0.39 is 6.10 Å². The van der Waals surface area contributed by atoms with Crippen LogP contribution in [0.4, 0.5) is 11.6 Å². The molecule has 98 valence electrons. The number of hydrogen-bond acceptors (Lipinski definition) is 6. The fraction of sp³-hybridized carbons (Fsp3) is 0.636. The Hall–Kier alpha value is -1.78. The smallest absolute Gasteiger partial charge is 0.171 e. The van der Waals surface area contributed by atoms with E-state index in [9.17, 15) is 5.11 Å². The van der Waals surface area contributed by atoms with Gasteiger partial charge >= 0.3 is 0 Å². The Kier molecular flexibility index (Phi) is 3.69. The molecule has 0 amide bonds. The molecule has 0 aliphatic carbocycles. The number of nitrogens with zero attached hydrogens (tertiary/aromatic N) is 4. The second-order valence-electron chi connectivity index (χ2n) is 4.38. The lowest BCUT2D eigenvalue weighted by Gasteiger charge is -2.30. The molecule has 4 N–H and O–H groups in total. The fourth-order valence-electron chi connectivity index (χ4n) is 2.20. The van der Waals surface area contributed by atoms with Crippen molar-refractivity contribution in [1.29, 1.82) is 5.26 Å². The highest BCUT2D eigenvalue weighted by Gasteiger charge is 2.25. The topological polar surface area (TPSA) is 111 Å². The van der Waals surface area contributed by atoms with E-state index >= 15 is 0 Å². The number of aromatic nitrogens is 2. The number of aliphatic hydroxyl groups excluding tert-OH is 2. The second-order valence-corrected chi connectivity index (χ2v) is 4.38. The maximum atomic E-state index is 9.65. The van der Waals surface area contributed by atoms with Gasteiger partial charge in [0.25, 0.3) is 0 Å². The normalized spacial score (nSPS) is 19.8. The number of hydrogen-bond donors (Lipinski definition) is 3. The summed E-state index contributed by atoms with van der Waals surface area (Å²) in [4.78, 5) is 1.87. The van der Waals surface area contributed by atoms with Gasteiger partial charge in [0.05, 0.1) is 19.3 Å². The first-order valence-electron chi connectivity index (χ1n) is 5.97. The molecule has 1 unspecified atom stereocenters. The molecule has 0 bridgehead atoms. The molecule has 0 aromatic carbocycles. The largest absolute Gasteiger partial charge is 0.394 e. The molecule has 2 heterocycles. The average molecular weight is 251 g/mol. The third-order valence-electron chi connectivity index (χ3n) is 3.09. The maximum Gasteiger partial charge on any atom is 0.171 e. The summed E-state index contributed by atoms with van der Waals surface area (Å²) in [5.41, 5.74) is 6.14. The molecule has 1 atom stereocenters. The summed E-state index contributed by atoms with van der Waals surface area (Å²) in [5.74, 6) is 0.767. The van der Waals surface area contributed by atoms with E-state index in [0.717, 1.165) is 19.4 Å². The van der Waals surface area contributed by atoms with Crippen molar-refractivity contribution in [2.75, 3.05) is 30.3 Å². The Bertz CT molecular complexity index is 465. The van der Waals surface area contributed by atoms with Crippen LogP contribution in [-0.4, -0.2) is 45.8 Å². The van der Waals surface area contributed by atoms with E-state index in [-0.39, 0.29) is 19.0 Å². The standard InChI is InChI=1S/C11H17N5O2/c12-6-9-10(13)16(4-5-17)14-11(9)15-3-1-2-8(18)7-15/h8,17-18H,1-5,7,13H2. The molecule has 1 fully saturated rings. The van der Waals surface area contributed by atoms with Crippen LogP contribution < -0.4 is 10.6 Å². The van der Waals surface area contributed by atoms with Gasteiger partial charge in [-0.25, -0.2) is 4.68 Å². The molecule has 1 aliphatic heterocycles. The van der Waals surface area contributed by atoms with Crippen molar-refractivity contribution in [2.24, 2.45) is 0 Å². The Morgan fingerprint density at radius 1 is 1.56 bits per heavy atom. The van der Waals surface area contributed by atoms with Crippen molar-refractivity contribution in [3.05, 3.63) is 5.56 Å². The number of β-amino-alcohol motifs (C(OH)–C–C–N with tert-alkyl or cyclic N) is 1. The Morgan fingerprint density at radius 2 is 2.33 bits per heavy atom. The lowest BCUT2D eigenvalue weighted by molar-refractivity contribution is 0.153. The zero-order chi connectivity index (χ0) is 13.1. The van der Waals surface area contributed by atoms with Gasteiger partial charge in [-0.3, -0.25) is 0 Å². The molecule has 0 radical (unpaired) electrons. The van der Waals surface area contributed by atoms with Crippen molar-refractivity contribution in [3.63, 3.8) is 0 Å². The van der Waals surface area contributed by atoms with Gasteiger partial charge in [-0.05, 0) is 12.8 Å². The summed E-state index contributed by atoms with van der Waals surface area (Å²) in [5, 5.41) is 32.0. The number of nitrogens with two attached hydrogens (primary N) is 1. The van der Waals surface area contributed by atoms with Crippen molar-refractivity contribution >= 4 is 11.6 Å². The molecule has 18 heavy (non-hydrogen) atoms. The van der Waals surface area contributed by atoms with Crippen LogP contribution in [0, 0.1) is 11.3 Å². The third kappa shape index (κ3) is 2.25. The molecule has 7 nitrogen and oxygen atoms in total. The molecule has 2 rings (SSSR count). The van der Waals surface area contributed by atoms with Gasteiger partial charge in [-0.2, -0.15) is 10.4 Å². The highest BCUT2D eigenvalue weighted by molar-refractivity contribution is 5.65. The number of rotatable bonds is 3. The molecular formula is C11H17N5O2. The van der Waals surface area contributed by atoms with Gasteiger partial charge in [0.1, 0.15) is 17.5 Å². The van der Waals surface area contributed by atoms with Crippen LogP contribution >= 0.6 is 0 Å². The minimum absolute atomic E-state index is 0.0845. The number of nitrogen functional groups attached to an aromatic ring is 1. The molecule has 0 spiro atoms. The first-order valence-corrected chi connectivity index (χ1v) is 5.97. The highest BCUT2D eigenvalue weighted by Crippen LogP contribution is 2.26. The van der Waals surface area contributed by atoms with Crippen molar-refractivity contribution in [1.82, 2.24) is 9.78 Å². The Labute approximate surface area is 105 Å². The molecule has 0 saturated carbocycles. The first-order chi connectivity index (χ1) is 8.67. The van der Waals surface area contributed by atoms with Crippen LogP contribution in [-0.2, 0) is 6.54 Å². The van der Waals surface area contributed by atoms with E-state index in [2.05, 4.69) is 5.10 Å². The van der Waals surface area contributed by atoms with Gasteiger partial charge < -0.3 is 20.8 Å². The third-order valence-corrected chi connectivity index (χ3v) is 3.09. The SMILES string of the molecule is N#Cc1c(N2CCCC(O)C2)nn(CCO)c1N. The minimum Gasteiger partial charge on any atom is -0.394 e. The van der Waals surface area contributed by atoms with Gasteiger partial charge in [0.2, 0.25) is 0 Å². The maximum absolute atomic E-state index is 9.65. The molecule has 1 aromatic heterocycles. The number of nitriles is 1. The van der Waals surface area contributed by atoms with Gasteiger partial charge in [0.15, 0.2) is 5.82 Å². The highest BCUT2D eigenvalue weighted by atomic mass is 16.3. The lowest BCUT2D eigenvalue weighted by atomic mass is 10.1. The van der Waals surface area contributed by atoms with Gasteiger partial charge in [-0.1, -0.05) is 0 Å². The Balaban J connectivity index is 2.31. The quantitative estimate of drug-likeness (QED) is 0.654. The van der Waals surface area contributed by atoms with Crippen LogP contribution in [0.2, 0.25) is 0 Å². The summed E-state index contributed by atoms with van der Waals surface area (Å²) in [6, 6.07) is 2.04. The summed E-state index contributed by atoms with van der Waals surface area (Å²) < 4.78 is 1.43. The summed E-state index contributed by atoms with van der Waals surface area (Å²) >= 11 is 0. The number of piperidine rings is 1. The predicted molar refractivity (Wildman–Crippen MR) is 65.9 cm³/mol. The zero-order valence-electron chi connectivity index (χ0n) is 10.1. The second kappa shape index (κ2) is 5.25. The van der Waals surface area contributed by atoms with Crippen LogP contribution in [0.5, 0.6) is 0 Å². The average Bonchev–Trinajstić information content (AvgIpc) is 2.67. The summed E-state index contributed by atoms with van der Waals surface area (Å²) in [6.45, 7) is 1.39. The van der Waals surface area contributed by atoms with Crippen LogP contribution in [0.3, 0.4) is 0 Å². The van der Waals surface area contributed by atoms with E-state index in [0.29, 0.717) is 17.9 Å². The van der Waals surface area contributed by atoms with Crippen LogP contribution in [0.15, 0.2) is 0 Å². The van der Waals surface area contributed by atoms with Crippen LogP contribution in [0.1, 0.15) is 18.4 Å². The first kappa shape index (κ1) is 12.7.